The summed E-state index contributed by atoms with van der Waals surface area (Å²) in [6.07, 6.45) is 5.35. The van der Waals surface area contributed by atoms with Gasteiger partial charge >= 0.3 is 0 Å². The first-order chi connectivity index (χ1) is 9.79. The maximum Gasteiger partial charge on any atom is 0.162 e. The number of halogens is 1. The van der Waals surface area contributed by atoms with Crippen molar-refractivity contribution in [2.24, 2.45) is 5.92 Å². The summed E-state index contributed by atoms with van der Waals surface area (Å²) in [5, 5.41) is 3.66. The first kappa shape index (κ1) is 14.2. The summed E-state index contributed by atoms with van der Waals surface area (Å²) < 4.78 is 12.5. The molecular weight excluding hydrogens is 318 g/mol. The van der Waals surface area contributed by atoms with E-state index in [1.165, 1.54) is 31.2 Å². The van der Waals surface area contributed by atoms with Crippen LogP contribution in [-0.4, -0.2) is 19.8 Å². The van der Waals surface area contributed by atoms with Crippen LogP contribution in [0.1, 0.15) is 44.2 Å². The predicted molar refractivity (Wildman–Crippen MR) is 83.5 cm³/mol. The molecule has 1 fully saturated rings. The monoisotopic (exact) mass is 339 g/mol. The van der Waals surface area contributed by atoms with E-state index in [4.69, 9.17) is 9.47 Å². The summed E-state index contributed by atoms with van der Waals surface area (Å²) in [6.45, 7) is 4.44. The molecule has 20 heavy (non-hydrogen) atoms. The quantitative estimate of drug-likeness (QED) is 0.897. The minimum Gasteiger partial charge on any atom is -0.486 e. The second kappa shape index (κ2) is 6.35. The highest BCUT2D eigenvalue weighted by molar-refractivity contribution is 9.10. The van der Waals surface area contributed by atoms with Gasteiger partial charge in [0, 0.05) is 10.5 Å². The summed E-state index contributed by atoms with van der Waals surface area (Å²) in [6, 6.07) is 4.63. The van der Waals surface area contributed by atoms with E-state index in [1.54, 1.807) is 0 Å². The first-order valence-electron chi connectivity index (χ1n) is 7.62. The Kier molecular flexibility index (Phi) is 4.51. The highest BCUT2D eigenvalue weighted by Crippen LogP contribution is 2.43. The molecule has 1 atom stereocenters. The molecule has 0 spiro atoms. The number of rotatable bonds is 4. The molecule has 1 aromatic carbocycles. The van der Waals surface area contributed by atoms with E-state index in [0.29, 0.717) is 19.3 Å². The highest BCUT2D eigenvalue weighted by atomic mass is 79.9. The van der Waals surface area contributed by atoms with Gasteiger partial charge in [-0.3, -0.25) is 0 Å². The molecule has 1 N–H and O–H groups in total. The Morgan fingerprint density at radius 1 is 1.20 bits per heavy atom. The summed E-state index contributed by atoms with van der Waals surface area (Å²) >= 11 is 3.72. The molecule has 1 aliphatic carbocycles. The first-order valence-corrected chi connectivity index (χ1v) is 8.41. The summed E-state index contributed by atoms with van der Waals surface area (Å²) in [7, 11) is 0. The van der Waals surface area contributed by atoms with Gasteiger partial charge in [-0.05, 0) is 43.0 Å². The van der Waals surface area contributed by atoms with Crippen molar-refractivity contribution in [1.82, 2.24) is 5.32 Å². The molecule has 0 radical (unpaired) electrons. The highest BCUT2D eigenvalue weighted by Gasteiger charge is 2.28. The van der Waals surface area contributed by atoms with Gasteiger partial charge in [0.05, 0.1) is 0 Å². The lowest BCUT2D eigenvalue weighted by molar-refractivity contribution is 0.171. The van der Waals surface area contributed by atoms with Gasteiger partial charge in [0.2, 0.25) is 0 Å². The van der Waals surface area contributed by atoms with Gasteiger partial charge in [-0.1, -0.05) is 35.7 Å². The lowest BCUT2D eigenvalue weighted by atomic mass is 9.91. The molecular formula is C16H22BrNO2. The average molecular weight is 340 g/mol. The Hall–Kier alpha value is -0.740. The number of benzene rings is 1. The number of hydrogen-bond donors (Lipinski definition) is 1. The van der Waals surface area contributed by atoms with E-state index in [2.05, 4.69) is 40.3 Å². The zero-order valence-electron chi connectivity index (χ0n) is 12.0. The van der Waals surface area contributed by atoms with Gasteiger partial charge in [-0.25, -0.2) is 0 Å². The summed E-state index contributed by atoms with van der Waals surface area (Å²) in [5.41, 5.74) is 1.31. The topological polar surface area (TPSA) is 30.5 Å². The second-order valence-corrected chi connectivity index (χ2v) is 6.45. The molecule has 1 aromatic rings. The van der Waals surface area contributed by atoms with Crippen LogP contribution in [0.15, 0.2) is 16.6 Å². The number of ether oxygens (including phenoxy) is 2. The largest absolute Gasteiger partial charge is 0.486 e. The zero-order valence-corrected chi connectivity index (χ0v) is 13.5. The van der Waals surface area contributed by atoms with Crippen LogP contribution in [0.4, 0.5) is 0 Å². The smallest absolute Gasteiger partial charge is 0.162 e. The van der Waals surface area contributed by atoms with Gasteiger partial charge in [-0.15, -0.1) is 0 Å². The Morgan fingerprint density at radius 2 is 1.85 bits per heavy atom. The molecule has 0 aromatic heterocycles. The maximum absolute atomic E-state index is 5.74. The van der Waals surface area contributed by atoms with Gasteiger partial charge in [-0.2, -0.15) is 0 Å². The minimum absolute atomic E-state index is 0.410. The Bertz CT molecular complexity index is 472. The molecule has 3 nitrogen and oxygen atoms in total. The van der Waals surface area contributed by atoms with Gasteiger partial charge in [0.15, 0.2) is 11.5 Å². The van der Waals surface area contributed by atoms with Crippen LogP contribution in [-0.2, 0) is 0 Å². The van der Waals surface area contributed by atoms with Gasteiger partial charge in [0.25, 0.3) is 0 Å². The molecule has 110 valence electrons. The molecule has 1 unspecified atom stereocenters. The van der Waals surface area contributed by atoms with E-state index >= 15 is 0 Å². The van der Waals surface area contributed by atoms with Crippen LogP contribution < -0.4 is 14.8 Å². The van der Waals surface area contributed by atoms with Crippen LogP contribution >= 0.6 is 15.9 Å². The van der Waals surface area contributed by atoms with Crippen LogP contribution in [0.3, 0.4) is 0 Å². The Balaban J connectivity index is 1.92. The predicted octanol–water partition coefficient (Wildman–Crippen LogP) is 4.06. The van der Waals surface area contributed by atoms with E-state index in [9.17, 15) is 0 Å². The van der Waals surface area contributed by atoms with Crippen molar-refractivity contribution in [2.75, 3.05) is 19.8 Å². The molecule has 2 aliphatic rings. The van der Waals surface area contributed by atoms with E-state index < -0.39 is 0 Å². The van der Waals surface area contributed by atoms with Crippen LogP contribution in [0.2, 0.25) is 0 Å². The molecule has 1 saturated carbocycles. The summed E-state index contributed by atoms with van der Waals surface area (Å²) in [4.78, 5) is 0. The third kappa shape index (κ3) is 2.82. The third-order valence-corrected chi connectivity index (χ3v) is 4.98. The standard InChI is InChI=1S/C16H22BrNO2/c1-2-18-16(11-5-3-4-6-11)12-9-14-15(10-13(12)17)20-8-7-19-14/h9-11,16,18H,2-8H2,1H3. The number of nitrogens with one attached hydrogen (secondary N) is 1. The average Bonchev–Trinajstić information content (AvgIpc) is 2.98. The van der Waals surface area contributed by atoms with Crippen molar-refractivity contribution in [2.45, 2.75) is 38.6 Å². The molecule has 0 saturated heterocycles. The zero-order chi connectivity index (χ0) is 13.9. The lowest BCUT2D eigenvalue weighted by Crippen LogP contribution is -2.27. The van der Waals surface area contributed by atoms with Crippen molar-refractivity contribution in [1.29, 1.82) is 0 Å². The normalized spacial score (nSPS) is 20.1. The van der Waals surface area contributed by atoms with Crippen LogP contribution in [0.25, 0.3) is 0 Å². The molecule has 3 rings (SSSR count). The maximum atomic E-state index is 5.74. The van der Waals surface area contributed by atoms with Crippen molar-refractivity contribution < 1.29 is 9.47 Å². The Morgan fingerprint density at radius 3 is 2.50 bits per heavy atom. The third-order valence-electron chi connectivity index (χ3n) is 4.29. The molecule has 0 amide bonds. The van der Waals surface area contributed by atoms with Crippen molar-refractivity contribution in [3.8, 4) is 11.5 Å². The van der Waals surface area contributed by atoms with Crippen LogP contribution in [0.5, 0.6) is 11.5 Å². The fourth-order valence-corrected chi connectivity index (χ4v) is 3.93. The number of hydrogen-bond acceptors (Lipinski definition) is 3. The fourth-order valence-electron chi connectivity index (χ4n) is 3.36. The molecule has 4 heteroatoms. The van der Waals surface area contributed by atoms with E-state index in [1.807, 2.05) is 0 Å². The second-order valence-electron chi connectivity index (χ2n) is 5.60. The van der Waals surface area contributed by atoms with Gasteiger partial charge in [0.1, 0.15) is 13.2 Å². The van der Waals surface area contributed by atoms with E-state index in [0.717, 1.165) is 28.4 Å². The summed E-state index contributed by atoms with van der Waals surface area (Å²) in [5.74, 6) is 2.47. The fraction of sp³-hybridized carbons (Fsp3) is 0.625. The SMILES string of the molecule is CCNC(c1cc2c(cc1Br)OCCO2)C1CCCC1. The molecule has 1 aliphatic heterocycles. The van der Waals surface area contributed by atoms with Crippen molar-refractivity contribution >= 4 is 15.9 Å². The lowest BCUT2D eigenvalue weighted by Gasteiger charge is -2.28. The Labute approximate surface area is 129 Å². The minimum atomic E-state index is 0.410. The van der Waals surface area contributed by atoms with Gasteiger partial charge < -0.3 is 14.8 Å². The van der Waals surface area contributed by atoms with E-state index in [-0.39, 0.29) is 0 Å². The number of fused-ring (bicyclic) bond motifs is 1. The van der Waals surface area contributed by atoms with Crippen LogP contribution in [0, 0.1) is 5.92 Å². The molecule has 1 heterocycles. The van der Waals surface area contributed by atoms with Crippen molar-refractivity contribution in [3.05, 3.63) is 22.2 Å². The molecule has 0 bridgehead atoms. The van der Waals surface area contributed by atoms with Crippen molar-refractivity contribution in [3.63, 3.8) is 0 Å².